The van der Waals surface area contributed by atoms with Gasteiger partial charge in [-0.3, -0.25) is 0 Å². The molecule has 0 saturated heterocycles. The fourth-order valence-corrected chi connectivity index (χ4v) is 1.73. The quantitative estimate of drug-likeness (QED) is 0.703. The van der Waals surface area contributed by atoms with Crippen LogP contribution in [0.3, 0.4) is 0 Å². The monoisotopic (exact) mass is 244 g/mol. The minimum atomic E-state index is -4.60. The molecular formula is C7H11F3N2O2S. The summed E-state index contributed by atoms with van der Waals surface area (Å²) < 4.78 is 60.4. The van der Waals surface area contributed by atoms with E-state index in [0.717, 1.165) is 0 Å². The second-order valence-corrected chi connectivity index (χ2v) is 4.81. The zero-order chi connectivity index (χ0) is 12.3. The van der Waals surface area contributed by atoms with Gasteiger partial charge in [0, 0.05) is 0 Å². The molecule has 0 aliphatic carbocycles. The third kappa shape index (κ3) is 7.18. The summed E-state index contributed by atoms with van der Waals surface area (Å²) in [7, 11) is -4.25. The van der Waals surface area contributed by atoms with Crippen molar-refractivity contribution in [1.29, 1.82) is 0 Å². The summed E-state index contributed by atoms with van der Waals surface area (Å²) in [6.07, 6.45) is 0.366. The maximum Gasteiger partial charge on any atom is 0.402 e. The zero-order valence-corrected chi connectivity index (χ0v) is 8.96. The minimum Gasteiger partial charge on any atom is -0.195 e. The first-order valence-electron chi connectivity index (χ1n) is 3.80. The summed E-state index contributed by atoms with van der Waals surface area (Å²) in [6.45, 7) is 1.06. The van der Waals surface area contributed by atoms with Crippen LogP contribution in [0.2, 0.25) is 0 Å². The first-order valence-corrected chi connectivity index (χ1v) is 5.29. The summed E-state index contributed by atoms with van der Waals surface area (Å²) in [4.78, 5) is 0. The van der Waals surface area contributed by atoms with Crippen LogP contribution in [-0.2, 0) is 10.2 Å². The van der Waals surface area contributed by atoms with Crippen molar-refractivity contribution in [2.45, 2.75) is 25.6 Å². The second-order valence-electron chi connectivity index (χ2n) is 3.31. The van der Waals surface area contributed by atoms with Crippen molar-refractivity contribution >= 4 is 10.2 Å². The van der Waals surface area contributed by atoms with Crippen molar-refractivity contribution in [3.05, 3.63) is 0 Å². The lowest BCUT2D eigenvalue weighted by molar-refractivity contribution is -0.121. The molecule has 0 spiro atoms. The molecule has 0 radical (unpaired) electrons. The maximum absolute atomic E-state index is 11.7. The highest BCUT2D eigenvalue weighted by atomic mass is 32.2. The van der Waals surface area contributed by atoms with E-state index in [9.17, 15) is 21.6 Å². The molecule has 2 N–H and O–H groups in total. The molecule has 0 aliphatic rings. The normalized spacial score (nSPS) is 13.6. The molecule has 0 bridgehead atoms. The molecule has 0 aromatic rings. The van der Waals surface area contributed by atoms with Crippen LogP contribution < -0.4 is 9.44 Å². The van der Waals surface area contributed by atoms with E-state index in [2.05, 4.69) is 5.92 Å². The number of nitrogens with one attached hydrogen (secondary N) is 2. The minimum absolute atomic E-state index is 1.24. The Kier molecular flexibility index (Phi) is 4.16. The lowest BCUT2D eigenvalue weighted by Crippen LogP contribution is -2.49. The largest absolute Gasteiger partial charge is 0.402 e. The number of halogens is 3. The highest BCUT2D eigenvalue weighted by Gasteiger charge is 2.31. The molecule has 0 rings (SSSR count). The van der Waals surface area contributed by atoms with Crippen molar-refractivity contribution in [2.24, 2.45) is 0 Å². The molecule has 0 heterocycles. The first-order chi connectivity index (χ1) is 6.47. The Morgan fingerprint density at radius 1 is 1.33 bits per heavy atom. The molecule has 15 heavy (non-hydrogen) atoms. The van der Waals surface area contributed by atoms with Gasteiger partial charge in [-0.2, -0.15) is 31.0 Å². The van der Waals surface area contributed by atoms with Crippen LogP contribution in [0.15, 0.2) is 0 Å². The molecule has 0 amide bonds. The average molecular weight is 244 g/mol. The van der Waals surface area contributed by atoms with E-state index in [1.54, 1.807) is 0 Å². The lowest BCUT2D eigenvalue weighted by Gasteiger charge is -2.19. The Morgan fingerprint density at radius 3 is 2.13 bits per heavy atom. The van der Waals surface area contributed by atoms with E-state index in [4.69, 9.17) is 6.42 Å². The van der Waals surface area contributed by atoms with Crippen molar-refractivity contribution in [3.8, 4) is 12.3 Å². The van der Waals surface area contributed by atoms with Gasteiger partial charge in [-0.15, -0.1) is 6.42 Å². The predicted octanol–water partition coefficient (Wildman–Crippen LogP) is 0.384. The van der Waals surface area contributed by atoms with Gasteiger partial charge in [-0.1, -0.05) is 5.92 Å². The van der Waals surface area contributed by atoms with Crippen LogP contribution in [0.25, 0.3) is 0 Å². The fraction of sp³-hybridized carbons (Fsp3) is 0.714. The first kappa shape index (κ1) is 14.2. The molecule has 0 aliphatic heterocycles. The molecule has 0 unspecified atom stereocenters. The SMILES string of the molecule is C#CC(C)(C)NS(=O)(=O)NCC(F)(F)F. The molecule has 0 atom stereocenters. The smallest absolute Gasteiger partial charge is 0.195 e. The Balaban J connectivity index is 4.42. The van der Waals surface area contributed by atoms with Crippen LogP contribution in [-0.4, -0.2) is 26.7 Å². The number of hydrogen-bond acceptors (Lipinski definition) is 2. The van der Waals surface area contributed by atoms with Crippen LogP contribution in [0.5, 0.6) is 0 Å². The predicted molar refractivity (Wildman–Crippen MR) is 49.0 cm³/mol. The number of hydrogen-bond donors (Lipinski definition) is 2. The van der Waals surface area contributed by atoms with Crippen LogP contribution in [0, 0.1) is 12.3 Å². The van der Waals surface area contributed by atoms with Gasteiger partial charge in [-0.25, -0.2) is 0 Å². The Hall–Kier alpha value is -0.780. The second kappa shape index (κ2) is 4.38. The van der Waals surface area contributed by atoms with Gasteiger partial charge in [0.2, 0.25) is 0 Å². The van der Waals surface area contributed by atoms with Gasteiger partial charge >= 0.3 is 6.18 Å². The summed E-state index contributed by atoms with van der Waals surface area (Å²) >= 11 is 0. The van der Waals surface area contributed by atoms with Crippen molar-refractivity contribution in [3.63, 3.8) is 0 Å². The Morgan fingerprint density at radius 2 is 1.80 bits per heavy atom. The summed E-state index contributed by atoms with van der Waals surface area (Å²) in [5.74, 6) is 2.08. The molecule has 0 aromatic carbocycles. The van der Waals surface area contributed by atoms with Crippen LogP contribution in [0.4, 0.5) is 13.2 Å². The summed E-state index contributed by atoms with van der Waals surface area (Å²) in [6, 6.07) is 0. The highest BCUT2D eigenvalue weighted by molar-refractivity contribution is 7.87. The summed E-state index contributed by atoms with van der Waals surface area (Å²) in [5, 5.41) is 0. The van der Waals surface area contributed by atoms with Gasteiger partial charge in [0.1, 0.15) is 6.54 Å². The van der Waals surface area contributed by atoms with Crippen molar-refractivity contribution in [2.75, 3.05) is 6.54 Å². The molecule has 0 aromatic heterocycles. The van der Waals surface area contributed by atoms with E-state index in [-0.39, 0.29) is 0 Å². The lowest BCUT2D eigenvalue weighted by atomic mass is 10.1. The van der Waals surface area contributed by atoms with Crippen molar-refractivity contribution < 1.29 is 21.6 Å². The van der Waals surface area contributed by atoms with Crippen LogP contribution in [0.1, 0.15) is 13.8 Å². The third-order valence-corrected chi connectivity index (χ3v) is 2.52. The molecule has 8 heteroatoms. The number of rotatable bonds is 4. The fourth-order valence-electron chi connectivity index (χ4n) is 0.578. The van der Waals surface area contributed by atoms with Crippen molar-refractivity contribution in [1.82, 2.24) is 9.44 Å². The topological polar surface area (TPSA) is 58.2 Å². The third-order valence-electron chi connectivity index (χ3n) is 1.21. The molecule has 4 nitrogen and oxygen atoms in total. The average Bonchev–Trinajstić information content (AvgIpc) is 1.98. The molecule has 88 valence electrons. The van der Waals surface area contributed by atoms with Gasteiger partial charge in [0.25, 0.3) is 10.2 Å². The van der Waals surface area contributed by atoms with Gasteiger partial charge in [0.05, 0.1) is 5.54 Å². The Bertz CT molecular complexity index is 353. The van der Waals surface area contributed by atoms with E-state index in [1.807, 2.05) is 4.72 Å². The van der Waals surface area contributed by atoms with E-state index in [1.165, 1.54) is 18.6 Å². The number of terminal acetylenes is 1. The van der Waals surface area contributed by atoms with Crippen LogP contribution >= 0.6 is 0 Å². The van der Waals surface area contributed by atoms with Gasteiger partial charge in [-0.05, 0) is 13.8 Å². The molecule has 0 saturated carbocycles. The maximum atomic E-state index is 11.7. The zero-order valence-electron chi connectivity index (χ0n) is 8.14. The molecular weight excluding hydrogens is 233 g/mol. The van der Waals surface area contributed by atoms with Gasteiger partial charge in [0.15, 0.2) is 0 Å². The standard InChI is InChI=1S/C7H11F3N2O2S/c1-4-6(2,3)12-15(13,14)11-5-7(8,9)10/h1,11-12H,5H2,2-3H3. The highest BCUT2D eigenvalue weighted by Crippen LogP contribution is 2.12. The van der Waals surface area contributed by atoms with E-state index >= 15 is 0 Å². The number of alkyl halides is 3. The molecule has 0 fully saturated rings. The summed E-state index contributed by atoms with van der Waals surface area (Å²) in [5.41, 5.74) is -1.24. The van der Waals surface area contributed by atoms with E-state index < -0.39 is 28.5 Å². The Labute approximate surface area is 86.4 Å². The van der Waals surface area contributed by atoms with E-state index in [0.29, 0.717) is 0 Å². The van der Waals surface area contributed by atoms with Gasteiger partial charge < -0.3 is 0 Å².